The number of hydrogen-bond donors (Lipinski definition) is 3. The Morgan fingerprint density at radius 1 is 0.917 bits per heavy atom. The largest absolute Gasteiger partial charge is 0.437 e. The fourth-order valence-corrected chi connectivity index (χ4v) is 2.10. The number of rotatable bonds is 5. The van der Waals surface area contributed by atoms with E-state index >= 15 is 0 Å². The maximum atomic E-state index is 6.11. The second kappa shape index (κ2) is 6.87. The normalized spacial score (nSPS) is 10.2. The van der Waals surface area contributed by atoms with Crippen molar-refractivity contribution in [2.75, 3.05) is 16.6 Å². The third-order valence-electron chi connectivity index (χ3n) is 3.64. The molecule has 0 unspecified atom stereocenters. The van der Waals surface area contributed by atoms with Crippen LogP contribution in [0.4, 0.5) is 17.2 Å². The number of benzene rings is 2. The molecule has 122 valence electrons. The number of aryl methyl sites for hydroxylation is 2. The average molecular weight is 321 g/mol. The predicted octanol–water partition coefficient (Wildman–Crippen LogP) is 3.91. The molecule has 1 heterocycles. The number of nitrogen functional groups attached to an aromatic ring is 1. The Kier molecular flexibility index (Phi) is 4.47. The van der Waals surface area contributed by atoms with Crippen molar-refractivity contribution < 1.29 is 4.74 Å². The van der Waals surface area contributed by atoms with Gasteiger partial charge in [0.05, 0.1) is 5.69 Å². The molecular weight excluding hydrogens is 302 g/mol. The average Bonchev–Trinajstić information content (AvgIpc) is 2.60. The van der Waals surface area contributed by atoms with E-state index in [1.54, 1.807) is 0 Å². The molecule has 1 aromatic heterocycles. The van der Waals surface area contributed by atoms with Gasteiger partial charge in [0.2, 0.25) is 5.88 Å². The first kappa shape index (κ1) is 15.6. The van der Waals surface area contributed by atoms with Gasteiger partial charge in [0, 0.05) is 0 Å². The highest BCUT2D eigenvalue weighted by atomic mass is 16.5. The number of hydrogen-bond acceptors (Lipinski definition) is 6. The summed E-state index contributed by atoms with van der Waals surface area (Å²) in [7, 11) is 0. The maximum Gasteiger partial charge on any atom is 0.248 e. The van der Waals surface area contributed by atoms with Gasteiger partial charge >= 0.3 is 0 Å². The molecule has 2 aromatic carbocycles. The molecule has 24 heavy (non-hydrogen) atoms. The van der Waals surface area contributed by atoms with Gasteiger partial charge in [-0.2, -0.15) is 4.98 Å². The van der Waals surface area contributed by atoms with E-state index in [-0.39, 0.29) is 0 Å². The fraction of sp³-hybridized carbons (Fsp3) is 0.111. The molecule has 0 spiro atoms. The quantitative estimate of drug-likeness (QED) is 0.618. The third kappa shape index (κ3) is 3.55. The SMILES string of the molecule is Cc1ccc(Oc2ncnc(NNc3ccccc3)c2N)cc1C. The van der Waals surface area contributed by atoms with Crippen molar-refractivity contribution in [3.63, 3.8) is 0 Å². The molecule has 6 heteroatoms. The molecule has 4 N–H and O–H groups in total. The molecule has 0 radical (unpaired) electrons. The minimum atomic E-state index is 0.311. The highest BCUT2D eigenvalue weighted by molar-refractivity contribution is 5.68. The van der Waals surface area contributed by atoms with Gasteiger partial charge in [0.1, 0.15) is 17.8 Å². The van der Waals surface area contributed by atoms with Crippen molar-refractivity contribution >= 4 is 17.2 Å². The Labute approximate surface area is 140 Å². The number of para-hydroxylation sites is 1. The predicted molar refractivity (Wildman–Crippen MR) is 96.1 cm³/mol. The van der Waals surface area contributed by atoms with Gasteiger partial charge in [-0.1, -0.05) is 24.3 Å². The minimum absolute atomic E-state index is 0.311. The number of nitrogens with one attached hydrogen (secondary N) is 2. The Morgan fingerprint density at radius 3 is 2.46 bits per heavy atom. The van der Waals surface area contributed by atoms with Crippen LogP contribution in [0.2, 0.25) is 0 Å². The lowest BCUT2D eigenvalue weighted by molar-refractivity contribution is 0.464. The van der Waals surface area contributed by atoms with Crippen LogP contribution >= 0.6 is 0 Å². The van der Waals surface area contributed by atoms with Crippen molar-refractivity contribution in [3.8, 4) is 11.6 Å². The lowest BCUT2D eigenvalue weighted by atomic mass is 10.1. The maximum absolute atomic E-state index is 6.11. The summed E-state index contributed by atoms with van der Waals surface area (Å²) >= 11 is 0. The Bertz CT molecular complexity index is 836. The Hall–Kier alpha value is -3.28. The van der Waals surface area contributed by atoms with Crippen molar-refractivity contribution in [2.24, 2.45) is 0 Å². The summed E-state index contributed by atoms with van der Waals surface area (Å²) in [6.45, 7) is 4.08. The molecule has 0 atom stereocenters. The molecule has 0 fully saturated rings. The van der Waals surface area contributed by atoms with Crippen LogP contribution in [0.5, 0.6) is 11.6 Å². The first-order valence-electron chi connectivity index (χ1n) is 7.56. The molecule has 0 aliphatic carbocycles. The number of anilines is 3. The van der Waals surface area contributed by atoms with Crippen LogP contribution in [0.15, 0.2) is 54.9 Å². The molecule has 6 nitrogen and oxygen atoms in total. The zero-order valence-corrected chi connectivity index (χ0v) is 13.6. The summed E-state index contributed by atoms with van der Waals surface area (Å²) in [4.78, 5) is 8.25. The molecule has 0 saturated carbocycles. The molecule has 0 saturated heterocycles. The van der Waals surface area contributed by atoms with Gasteiger partial charge < -0.3 is 10.5 Å². The molecule has 0 amide bonds. The van der Waals surface area contributed by atoms with Crippen molar-refractivity contribution in [3.05, 3.63) is 66.0 Å². The van der Waals surface area contributed by atoms with E-state index in [4.69, 9.17) is 10.5 Å². The Morgan fingerprint density at radius 2 is 1.71 bits per heavy atom. The van der Waals surface area contributed by atoms with Crippen LogP contribution in [-0.2, 0) is 0 Å². The smallest absolute Gasteiger partial charge is 0.248 e. The molecule has 3 aromatic rings. The van der Waals surface area contributed by atoms with E-state index in [1.165, 1.54) is 11.9 Å². The standard InChI is InChI=1S/C18H19N5O/c1-12-8-9-15(10-13(12)2)24-18-16(19)17(20-11-21-18)23-22-14-6-4-3-5-7-14/h3-11,22H,19H2,1-2H3,(H,20,21,23). The summed E-state index contributed by atoms with van der Waals surface area (Å²) in [6, 6.07) is 15.5. The Balaban J connectivity index is 1.76. The molecule has 0 bridgehead atoms. The van der Waals surface area contributed by atoms with E-state index in [0.717, 1.165) is 11.3 Å². The summed E-state index contributed by atoms with van der Waals surface area (Å²) < 4.78 is 5.79. The van der Waals surface area contributed by atoms with E-state index in [0.29, 0.717) is 23.1 Å². The van der Waals surface area contributed by atoms with E-state index in [9.17, 15) is 0 Å². The number of ether oxygens (including phenoxy) is 1. The summed E-state index contributed by atoms with van der Waals surface area (Å²) in [5.41, 5.74) is 15.7. The van der Waals surface area contributed by atoms with E-state index in [1.807, 2.05) is 55.5 Å². The van der Waals surface area contributed by atoms with Crippen LogP contribution in [0, 0.1) is 13.8 Å². The van der Waals surface area contributed by atoms with Gasteiger partial charge in [-0.15, -0.1) is 0 Å². The van der Waals surface area contributed by atoms with Gasteiger partial charge in [-0.3, -0.25) is 10.9 Å². The van der Waals surface area contributed by atoms with Crippen LogP contribution in [-0.4, -0.2) is 9.97 Å². The van der Waals surface area contributed by atoms with Crippen LogP contribution in [0.25, 0.3) is 0 Å². The van der Waals surface area contributed by atoms with Crippen molar-refractivity contribution in [2.45, 2.75) is 13.8 Å². The van der Waals surface area contributed by atoms with Crippen LogP contribution in [0.1, 0.15) is 11.1 Å². The van der Waals surface area contributed by atoms with Gasteiger partial charge in [-0.25, -0.2) is 4.98 Å². The fourth-order valence-electron chi connectivity index (χ4n) is 2.10. The number of nitrogens with two attached hydrogens (primary N) is 1. The molecule has 3 rings (SSSR count). The van der Waals surface area contributed by atoms with Gasteiger partial charge in [0.25, 0.3) is 0 Å². The van der Waals surface area contributed by atoms with E-state index < -0.39 is 0 Å². The summed E-state index contributed by atoms with van der Waals surface area (Å²) in [6.07, 6.45) is 1.40. The number of nitrogens with zero attached hydrogens (tertiary/aromatic N) is 2. The third-order valence-corrected chi connectivity index (χ3v) is 3.64. The lowest BCUT2D eigenvalue weighted by Gasteiger charge is -2.13. The van der Waals surface area contributed by atoms with E-state index in [2.05, 4.69) is 27.7 Å². The van der Waals surface area contributed by atoms with Gasteiger partial charge in [0.15, 0.2) is 5.82 Å². The zero-order valence-electron chi connectivity index (χ0n) is 13.6. The first-order chi connectivity index (χ1) is 11.6. The second-order valence-corrected chi connectivity index (χ2v) is 5.41. The summed E-state index contributed by atoms with van der Waals surface area (Å²) in [5.74, 6) is 1.45. The molecular formula is C18H19N5O. The number of aromatic nitrogens is 2. The van der Waals surface area contributed by atoms with Gasteiger partial charge in [-0.05, 0) is 49.2 Å². The zero-order chi connectivity index (χ0) is 16.9. The van der Waals surface area contributed by atoms with Crippen molar-refractivity contribution in [1.82, 2.24) is 9.97 Å². The lowest BCUT2D eigenvalue weighted by Crippen LogP contribution is -2.12. The van der Waals surface area contributed by atoms with Crippen molar-refractivity contribution in [1.29, 1.82) is 0 Å². The summed E-state index contributed by atoms with van der Waals surface area (Å²) in [5, 5.41) is 0. The second-order valence-electron chi connectivity index (χ2n) is 5.41. The molecule has 0 aliphatic heterocycles. The molecule has 0 aliphatic rings. The number of hydrazine groups is 1. The minimum Gasteiger partial charge on any atom is -0.437 e. The van der Waals surface area contributed by atoms with Crippen LogP contribution < -0.4 is 21.3 Å². The first-order valence-corrected chi connectivity index (χ1v) is 7.56. The highest BCUT2D eigenvalue weighted by Gasteiger charge is 2.10. The highest BCUT2D eigenvalue weighted by Crippen LogP contribution is 2.30. The monoisotopic (exact) mass is 321 g/mol. The van der Waals surface area contributed by atoms with Crippen LogP contribution in [0.3, 0.4) is 0 Å². The topological polar surface area (TPSA) is 85.1 Å².